The monoisotopic (exact) mass is 504 g/mol. The highest BCUT2D eigenvalue weighted by Gasteiger charge is 2.61. The van der Waals surface area contributed by atoms with Crippen molar-refractivity contribution in [2.45, 2.75) is 68.6 Å². The predicted octanol–water partition coefficient (Wildman–Crippen LogP) is 4.60. The standard InChI is InChI=1S/C24H32F4N2O3S/c1-17-6-11-30(13-21(17)7-2-8-21)34(32,33)20-12-18(24(26,27)28)4-5-19(20)29-14-22(9-3-10-22)23(25,15-29)16-31/h4-5,12,17,31H,2-3,6-11,13-16H2,1H3. The number of alkyl halides is 4. The summed E-state index contributed by atoms with van der Waals surface area (Å²) in [4.78, 5) is 1.12. The van der Waals surface area contributed by atoms with Gasteiger partial charge < -0.3 is 10.0 Å². The number of sulfonamides is 1. The van der Waals surface area contributed by atoms with E-state index >= 15 is 4.39 Å². The van der Waals surface area contributed by atoms with E-state index in [1.807, 2.05) is 0 Å². The lowest BCUT2D eigenvalue weighted by Gasteiger charge is -2.52. The molecule has 10 heteroatoms. The highest BCUT2D eigenvalue weighted by Crippen LogP contribution is 2.57. The number of aliphatic hydroxyl groups is 1. The molecule has 5 rings (SSSR count). The second-order valence-corrected chi connectivity index (χ2v) is 12.9. The molecule has 1 aromatic rings. The Morgan fingerprint density at radius 2 is 1.76 bits per heavy atom. The van der Waals surface area contributed by atoms with Gasteiger partial charge in [0.15, 0.2) is 5.67 Å². The van der Waals surface area contributed by atoms with Crippen LogP contribution in [0.3, 0.4) is 0 Å². The van der Waals surface area contributed by atoms with Gasteiger partial charge in [-0.1, -0.05) is 19.8 Å². The fraction of sp³-hybridized carbons (Fsp3) is 0.750. The molecule has 4 fully saturated rings. The number of piperidine rings is 1. The van der Waals surface area contributed by atoms with Crippen molar-refractivity contribution in [2.75, 3.05) is 37.7 Å². The Kier molecular flexibility index (Phi) is 5.58. The normalized spacial score (nSPS) is 31.0. The first-order valence-electron chi connectivity index (χ1n) is 12.1. The lowest BCUT2D eigenvalue weighted by molar-refractivity contribution is -0.137. The molecule has 2 unspecified atom stereocenters. The van der Waals surface area contributed by atoms with Crippen LogP contribution in [0.15, 0.2) is 23.1 Å². The van der Waals surface area contributed by atoms with E-state index in [0.717, 1.165) is 37.8 Å². The molecule has 34 heavy (non-hydrogen) atoms. The first kappa shape index (κ1) is 24.3. The SMILES string of the molecule is CC1CCN(S(=O)(=O)c2cc(C(F)(F)F)ccc2N2CC(F)(CO)C3(CCC3)C2)CC12CCC2. The highest BCUT2D eigenvalue weighted by atomic mass is 32.2. The van der Waals surface area contributed by atoms with Crippen molar-refractivity contribution in [3.05, 3.63) is 23.8 Å². The van der Waals surface area contributed by atoms with Crippen LogP contribution in [0.1, 0.15) is 57.4 Å². The van der Waals surface area contributed by atoms with Crippen LogP contribution in [-0.4, -0.2) is 56.3 Å². The topological polar surface area (TPSA) is 60.9 Å². The van der Waals surface area contributed by atoms with Crippen LogP contribution < -0.4 is 4.90 Å². The molecular formula is C24H32F4N2O3S. The number of hydrogen-bond acceptors (Lipinski definition) is 4. The first-order chi connectivity index (χ1) is 15.9. The molecule has 0 bridgehead atoms. The van der Waals surface area contributed by atoms with Gasteiger partial charge in [-0.3, -0.25) is 0 Å². The fourth-order valence-electron chi connectivity index (χ4n) is 6.65. The van der Waals surface area contributed by atoms with Crippen LogP contribution in [0, 0.1) is 16.7 Å². The van der Waals surface area contributed by atoms with E-state index in [2.05, 4.69) is 6.92 Å². The third-order valence-electron chi connectivity index (χ3n) is 9.39. The van der Waals surface area contributed by atoms with E-state index in [-0.39, 0.29) is 30.7 Å². The Morgan fingerprint density at radius 1 is 1.09 bits per heavy atom. The lowest BCUT2D eigenvalue weighted by atomic mass is 9.59. The third-order valence-corrected chi connectivity index (χ3v) is 11.3. The highest BCUT2D eigenvalue weighted by molar-refractivity contribution is 7.89. The van der Waals surface area contributed by atoms with Gasteiger partial charge in [0.25, 0.3) is 0 Å². The Bertz CT molecular complexity index is 1060. The average molecular weight is 505 g/mol. The zero-order valence-electron chi connectivity index (χ0n) is 19.4. The number of aliphatic hydroxyl groups excluding tert-OH is 1. The van der Waals surface area contributed by atoms with E-state index in [0.29, 0.717) is 37.8 Å². The van der Waals surface area contributed by atoms with Gasteiger partial charge in [-0.25, -0.2) is 12.8 Å². The summed E-state index contributed by atoms with van der Waals surface area (Å²) in [6.07, 6.45) is 0.776. The molecular weight excluding hydrogens is 472 g/mol. The summed E-state index contributed by atoms with van der Waals surface area (Å²) in [6, 6.07) is 2.74. The van der Waals surface area contributed by atoms with Crippen molar-refractivity contribution < 1.29 is 31.1 Å². The summed E-state index contributed by atoms with van der Waals surface area (Å²) in [5.41, 5.74) is -3.76. The van der Waals surface area contributed by atoms with E-state index < -0.39 is 44.3 Å². The van der Waals surface area contributed by atoms with Crippen molar-refractivity contribution in [1.29, 1.82) is 0 Å². The second-order valence-electron chi connectivity index (χ2n) is 11.0. The zero-order chi connectivity index (χ0) is 24.6. The molecule has 0 amide bonds. The van der Waals surface area contributed by atoms with Gasteiger partial charge in [0, 0.05) is 25.0 Å². The fourth-order valence-corrected chi connectivity index (χ4v) is 8.43. The van der Waals surface area contributed by atoms with Gasteiger partial charge >= 0.3 is 6.18 Å². The minimum Gasteiger partial charge on any atom is -0.393 e. The van der Waals surface area contributed by atoms with Gasteiger partial charge in [-0.2, -0.15) is 17.5 Å². The van der Waals surface area contributed by atoms with Crippen LogP contribution in [0.2, 0.25) is 0 Å². The number of halogens is 4. The zero-order valence-corrected chi connectivity index (χ0v) is 20.2. The maximum atomic E-state index is 15.7. The van der Waals surface area contributed by atoms with Gasteiger partial charge in [0.05, 0.1) is 24.4 Å². The molecule has 0 aromatic heterocycles. The molecule has 2 saturated heterocycles. The Hall–Kier alpha value is -1.39. The quantitative estimate of drug-likeness (QED) is 0.609. The summed E-state index contributed by atoms with van der Waals surface area (Å²) in [5.74, 6) is 0.363. The van der Waals surface area contributed by atoms with E-state index in [4.69, 9.17) is 0 Å². The van der Waals surface area contributed by atoms with Gasteiger partial charge in [-0.15, -0.1) is 0 Å². The summed E-state index contributed by atoms with van der Waals surface area (Å²) in [6.45, 7) is 1.93. The summed E-state index contributed by atoms with van der Waals surface area (Å²) < 4.78 is 85.5. The molecule has 4 aliphatic rings. The minimum absolute atomic E-state index is 0.0912. The molecule has 2 spiro atoms. The maximum absolute atomic E-state index is 15.7. The molecule has 2 heterocycles. The Labute approximate surface area is 198 Å². The van der Waals surface area contributed by atoms with Crippen molar-refractivity contribution >= 4 is 15.7 Å². The molecule has 2 aliphatic heterocycles. The van der Waals surface area contributed by atoms with Crippen LogP contribution in [0.5, 0.6) is 0 Å². The largest absolute Gasteiger partial charge is 0.416 e. The van der Waals surface area contributed by atoms with Gasteiger partial charge in [-0.05, 0) is 61.6 Å². The van der Waals surface area contributed by atoms with E-state index in [1.165, 1.54) is 9.21 Å². The molecule has 190 valence electrons. The second kappa shape index (κ2) is 7.80. The number of benzene rings is 1. The number of hydrogen-bond donors (Lipinski definition) is 1. The first-order valence-corrected chi connectivity index (χ1v) is 13.6. The molecule has 1 N–H and O–H groups in total. The summed E-state index contributed by atoms with van der Waals surface area (Å²) >= 11 is 0. The number of anilines is 1. The van der Waals surface area contributed by atoms with Crippen molar-refractivity contribution in [3.63, 3.8) is 0 Å². The predicted molar refractivity (Wildman–Crippen MR) is 120 cm³/mol. The van der Waals surface area contributed by atoms with E-state index in [1.54, 1.807) is 0 Å². The molecule has 2 atom stereocenters. The smallest absolute Gasteiger partial charge is 0.393 e. The van der Waals surface area contributed by atoms with E-state index in [9.17, 15) is 26.7 Å². The molecule has 0 radical (unpaired) electrons. The number of rotatable bonds is 4. The van der Waals surface area contributed by atoms with Gasteiger partial charge in [0.2, 0.25) is 10.0 Å². The molecule has 2 saturated carbocycles. The Morgan fingerprint density at radius 3 is 2.26 bits per heavy atom. The molecule has 1 aromatic carbocycles. The maximum Gasteiger partial charge on any atom is 0.416 e. The van der Waals surface area contributed by atoms with Crippen molar-refractivity contribution in [3.8, 4) is 0 Å². The summed E-state index contributed by atoms with van der Waals surface area (Å²) in [5, 5.41) is 9.81. The van der Waals surface area contributed by atoms with Gasteiger partial charge in [0.1, 0.15) is 4.90 Å². The van der Waals surface area contributed by atoms with Crippen LogP contribution in [0.25, 0.3) is 0 Å². The molecule has 2 aliphatic carbocycles. The van der Waals surface area contributed by atoms with Crippen LogP contribution in [0.4, 0.5) is 23.2 Å². The minimum atomic E-state index is -4.70. The van der Waals surface area contributed by atoms with Crippen molar-refractivity contribution in [2.24, 2.45) is 16.7 Å². The average Bonchev–Trinajstić information content (AvgIpc) is 3.06. The number of nitrogens with zero attached hydrogens (tertiary/aromatic N) is 2. The van der Waals surface area contributed by atoms with Crippen LogP contribution in [-0.2, 0) is 16.2 Å². The molecule has 5 nitrogen and oxygen atoms in total. The Balaban J connectivity index is 1.56. The van der Waals surface area contributed by atoms with Crippen molar-refractivity contribution in [1.82, 2.24) is 4.31 Å². The third kappa shape index (κ3) is 3.50. The van der Waals surface area contributed by atoms with Crippen LogP contribution >= 0.6 is 0 Å². The lowest BCUT2D eigenvalue weighted by Crippen LogP contribution is -2.53. The summed E-state index contributed by atoms with van der Waals surface area (Å²) in [7, 11) is -4.25.